The van der Waals surface area contributed by atoms with Crippen LogP contribution in [0.3, 0.4) is 0 Å². The number of fused-ring (bicyclic) bond motifs is 4. The number of aryl methyl sites for hydroxylation is 2. The lowest BCUT2D eigenvalue weighted by Gasteiger charge is -2.31. The molecular weight excluding hydrogens is 611 g/mol. The van der Waals surface area contributed by atoms with Crippen molar-refractivity contribution in [2.45, 2.75) is 13.8 Å². The Balaban J connectivity index is 1.34. The Morgan fingerprint density at radius 1 is 0.388 bits per heavy atom. The van der Waals surface area contributed by atoms with E-state index in [9.17, 15) is 0 Å². The zero-order chi connectivity index (χ0) is 33.0. The topological polar surface area (TPSA) is 38.7 Å². The van der Waals surface area contributed by atoms with Crippen molar-refractivity contribution in [2.24, 2.45) is 0 Å². The Morgan fingerprint density at radius 3 is 1.65 bits per heavy atom. The van der Waals surface area contributed by atoms with Gasteiger partial charge in [0.05, 0.1) is 0 Å². The van der Waals surface area contributed by atoms with Crippen LogP contribution in [0.5, 0.6) is 0 Å². The maximum atomic E-state index is 5.27. The van der Waals surface area contributed by atoms with Gasteiger partial charge in [-0.2, -0.15) is 0 Å². The van der Waals surface area contributed by atoms with Crippen molar-refractivity contribution < 1.29 is 0 Å². The van der Waals surface area contributed by atoms with Crippen LogP contribution in [0, 0.1) is 13.8 Å². The Hall–Kier alpha value is -5.97. The summed E-state index contributed by atoms with van der Waals surface area (Å²) in [6.45, 7) is 4.33. The Morgan fingerprint density at radius 2 is 0.939 bits per heavy atom. The van der Waals surface area contributed by atoms with Gasteiger partial charge in [-0.05, 0) is 62.6 Å². The van der Waals surface area contributed by atoms with Crippen molar-refractivity contribution in [1.29, 1.82) is 0 Å². The monoisotopic (exact) mass is 643 g/mol. The van der Waals surface area contributed by atoms with Crippen LogP contribution in [0.4, 0.5) is 0 Å². The first-order valence-corrected chi connectivity index (χ1v) is 18.8. The zero-order valence-corrected chi connectivity index (χ0v) is 28.4. The minimum atomic E-state index is -2.69. The lowest BCUT2D eigenvalue weighted by molar-refractivity contribution is 1.08. The van der Waals surface area contributed by atoms with Gasteiger partial charge in [0.1, 0.15) is 0 Å². The quantitative estimate of drug-likeness (QED) is 0.179. The molecule has 2 heterocycles. The van der Waals surface area contributed by atoms with E-state index in [0.29, 0.717) is 17.5 Å². The average molecular weight is 644 g/mol. The summed E-state index contributed by atoms with van der Waals surface area (Å²) in [7, 11) is -2.69. The highest BCUT2D eigenvalue weighted by Crippen LogP contribution is 2.37. The largest absolute Gasteiger partial charge is 0.208 e. The van der Waals surface area contributed by atoms with E-state index in [1.165, 1.54) is 48.4 Å². The summed E-state index contributed by atoms with van der Waals surface area (Å²) in [5.41, 5.74) is 7.96. The van der Waals surface area contributed by atoms with Gasteiger partial charge in [0, 0.05) is 16.7 Å². The Bertz CT molecular complexity index is 2460. The van der Waals surface area contributed by atoms with E-state index in [4.69, 9.17) is 15.0 Å². The normalized spacial score (nSPS) is 12.9. The summed E-state index contributed by atoms with van der Waals surface area (Å²) in [5, 5.41) is 7.87. The van der Waals surface area contributed by atoms with Gasteiger partial charge in [0.15, 0.2) is 25.5 Å². The molecule has 0 radical (unpaired) electrons. The maximum Gasteiger partial charge on any atom is 0.180 e. The van der Waals surface area contributed by atoms with E-state index in [0.717, 1.165) is 22.1 Å². The molecule has 1 aliphatic heterocycles. The van der Waals surface area contributed by atoms with E-state index < -0.39 is 8.07 Å². The maximum absolute atomic E-state index is 5.27. The smallest absolute Gasteiger partial charge is 0.180 e. The van der Waals surface area contributed by atoms with Crippen molar-refractivity contribution in [1.82, 2.24) is 15.0 Å². The van der Waals surface area contributed by atoms with Gasteiger partial charge >= 0.3 is 0 Å². The highest BCUT2D eigenvalue weighted by atomic mass is 28.3. The van der Waals surface area contributed by atoms with Gasteiger partial charge in [-0.3, -0.25) is 0 Å². The van der Waals surface area contributed by atoms with Crippen molar-refractivity contribution in [2.75, 3.05) is 0 Å². The van der Waals surface area contributed by atoms with Crippen LogP contribution in [0.2, 0.25) is 0 Å². The predicted octanol–water partition coefficient (Wildman–Crippen LogP) is 8.00. The third kappa shape index (κ3) is 4.75. The van der Waals surface area contributed by atoms with Crippen molar-refractivity contribution >= 4 is 39.6 Å². The second-order valence-electron chi connectivity index (χ2n) is 13.0. The molecule has 0 bridgehead atoms. The molecule has 7 aromatic carbocycles. The summed E-state index contributed by atoms with van der Waals surface area (Å²) >= 11 is 0. The predicted molar refractivity (Wildman–Crippen MR) is 206 cm³/mol. The van der Waals surface area contributed by atoms with E-state index in [-0.39, 0.29) is 0 Å². The number of hydrogen-bond donors (Lipinski definition) is 0. The number of hydrogen-bond acceptors (Lipinski definition) is 3. The average Bonchev–Trinajstić information content (AvgIpc) is 3.46. The Kier molecular flexibility index (Phi) is 6.92. The standard InChI is InChI=1S/C45H33N3Si/c1-30-19-25-36(26-20-30)49(37-27-21-31(2)22-28-37)40-17-9-8-15-38(40)42-39(16-10-18-41(42)49)45-47-43(33-12-4-3-5-13-33)46-44(48-45)35-24-23-32-11-6-7-14-34(32)29-35/h3-29H,1-2H3. The molecule has 4 heteroatoms. The molecule has 0 fully saturated rings. The first kappa shape index (κ1) is 29.2. The molecule has 0 spiro atoms. The summed E-state index contributed by atoms with van der Waals surface area (Å²) in [6, 6.07) is 59.3. The number of rotatable bonds is 5. The van der Waals surface area contributed by atoms with Crippen LogP contribution < -0.4 is 20.7 Å². The van der Waals surface area contributed by atoms with Gasteiger partial charge in [0.2, 0.25) is 0 Å². The fourth-order valence-electron chi connectivity index (χ4n) is 7.58. The lowest BCUT2D eigenvalue weighted by atomic mass is 9.99. The molecule has 8 aromatic rings. The first-order valence-electron chi connectivity index (χ1n) is 16.8. The molecule has 0 amide bonds. The van der Waals surface area contributed by atoms with Gasteiger partial charge < -0.3 is 0 Å². The van der Waals surface area contributed by atoms with Crippen LogP contribution in [-0.2, 0) is 0 Å². The Labute approximate surface area is 287 Å². The van der Waals surface area contributed by atoms with Crippen LogP contribution >= 0.6 is 0 Å². The van der Waals surface area contributed by atoms with Crippen LogP contribution in [0.1, 0.15) is 11.1 Å². The summed E-state index contributed by atoms with van der Waals surface area (Å²) < 4.78 is 0. The molecular formula is C45H33N3Si. The highest BCUT2D eigenvalue weighted by molar-refractivity contribution is 7.22. The molecule has 0 N–H and O–H groups in total. The molecule has 0 atom stereocenters. The van der Waals surface area contributed by atoms with Crippen molar-refractivity contribution in [3.63, 3.8) is 0 Å². The van der Waals surface area contributed by atoms with Crippen LogP contribution in [0.15, 0.2) is 164 Å². The number of aromatic nitrogens is 3. The van der Waals surface area contributed by atoms with Crippen molar-refractivity contribution in [3.05, 3.63) is 175 Å². The second-order valence-corrected chi connectivity index (χ2v) is 16.7. The van der Waals surface area contributed by atoms with Gasteiger partial charge in [-0.15, -0.1) is 0 Å². The zero-order valence-electron chi connectivity index (χ0n) is 27.4. The van der Waals surface area contributed by atoms with E-state index in [2.05, 4.69) is 159 Å². The fraction of sp³-hybridized carbons (Fsp3) is 0.0444. The summed E-state index contributed by atoms with van der Waals surface area (Å²) in [5.74, 6) is 2.01. The molecule has 1 aromatic heterocycles. The first-order chi connectivity index (χ1) is 24.1. The highest BCUT2D eigenvalue weighted by Gasteiger charge is 2.49. The third-order valence-corrected chi connectivity index (χ3v) is 14.8. The molecule has 232 valence electrons. The summed E-state index contributed by atoms with van der Waals surface area (Å²) in [6.07, 6.45) is 0. The van der Waals surface area contributed by atoms with Crippen LogP contribution in [0.25, 0.3) is 56.1 Å². The molecule has 9 rings (SSSR count). The van der Waals surface area contributed by atoms with Gasteiger partial charge in [-0.25, -0.2) is 15.0 Å². The van der Waals surface area contributed by atoms with E-state index in [1.54, 1.807) is 0 Å². The minimum Gasteiger partial charge on any atom is -0.208 e. The van der Waals surface area contributed by atoms with E-state index >= 15 is 0 Å². The SMILES string of the molecule is Cc1ccc([Si]2(c3ccc(C)cc3)c3ccccc3-c3c(-c4nc(-c5ccccc5)nc(-c5ccc6ccccc6c5)n4)cccc32)cc1. The molecule has 1 aliphatic rings. The minimum absolute atomic E-state index is 0.665. The fourth-order valence-corrected chi connectivity index (χ4v) is 12.7. The lowest BCUT2D eigenvalue weighted by Crippen LogP contribution is -2.72. The summed E-state index contributed by atoms with van der Waals surface area (Å²) in [4.78, 5) is 15.6. The molecule has 0 saturated heterocycles. The molecule has 49 heavy (non-hydrogen) atoms. The van der Waals surface area contributed by atoms with Crippen molar-refractivity contribution in [3.8, 4) is 45.3 Å². The molecule has 0 saturated carbocycles. The van der Waals surface area contributed by atoms with Crippen LogP contribution in [-0.4, -0.2) is 23.0 Å². The van der Waals surface area contributed by atoms with Gasteiger partial charge in [0.25, 0.3) is 0 Å². The molecule has 3 nitrogen and oxygen atoms in total. The second kappa shape index (κ2) is 11.6. The van der Waals surface area contributed by atoms with E-state index in [1.807, 2.05) is 18.2 Å². The number of benzene rings is 7. The third-order valence-electron chi connectivity index (χ3n) is 9.95. The van der Waals surface area contributed by atoms with Gasteiger partial charge in [-0.1, -0.05) is 169 Å². The number of nitrogens with zero attached hydrogens (tertiary/aromatic N) is 3. The molecule has 0 unspecified atom stereocenters. The molecule has 0 aliphatic carbocycles.